The molecule has 0 spiro atoms. The van der Waals surface area contributed by atoms with Crippen LogP contribution in [0.15, 0.2) is 11.4 Å². The fraction of sp³-hybridized carbons (Fsp3) is 0.500. The predicted molar refractivity (Wildman–Crippen MR) is 76.2 cm³/mol. The number of ether oxygens (including phenoxy) is 1. The topological polar surface area (TPSA) is 55.6 Å². The SMILES string of the molecule is CCC1CN(C(=O)c2csc(C#CCN)c2)CCO1. The van der Waals surface area contributed by atoms with Gasteiger partial charge in [-0.2, -0.15) is 0 Å². The monoisotopic (exact) mass is 278 g/mol. The number of thiophene rings is 1. The number of hydrogen-bond donors (Lipinski definition) is 1. The van der Waals surface area contributed by atoms with Crippen molar-refractivity contribution in [2.45, 2.75) is 19.4 Å². The van der Waals surface area contributed by atoms with Crippen molar-refractivity contribution in [3.8, 4) is 11.8 Å². The van der Waals surface area contributed by atoms with Crippen molar-refractivity contribution >= 4 is 17.2 Å². The van der Waals surface area contributed by atoms with Gasteiger partial charge in [0.05, 0.1) is 29.7 Å². The number of morpholine rings is 1. The van der Waals surface area contributed by atoms with Crippen molar-refractivity contribution in [3.63, 3.8) is 0 Å². The Kier molecular flexibility index (Phi) is 4.97. The van der Waals surface area contributed by atoms with Crippen LogP contribution in [-0.2, 0) is 4.74 Å². The molecule has 2 rings (SSSR count). The molecule has 4 nitrogen and oxygen atoms in total. The Labute approximate surface area is 117 Å². The summed E-state index contributed by atoms with van der Waals surface area (Å²) >= 11 is 1.48. The van der Waals surface area contributed by atoms with Gasteiger partial charge in [-0.3, -0.25) is 4.79 Å². The highest BCUT2D eigenvalue weighted by Gasteiger charge is 2.24. The van der Waals surface area contributed by atoms with Gasteiger partial charge in [-0.05, 0) is 12.5 Å². The zero-order chi connectivity index (χ0) is 13.7. The van der Waals surface area contributed by atoms with Crippen LogP contribution in [0.4, 0.5) is 0 Å². The minimum Gasteiger partial charge on any atom is -0.375 e. The third-order valence-electron chi connectivity index (χ3n) is 3.04. The Balaban J connectivity index is 2.04. The average Bonchev–Trinajstić information content (AvgIpc) is 2.93. The summed E-state index contributed by atoms with van der Waals surface area (Å²) in [5, 5.41) is 1.86. The zero-order valence-electron chi connectivity index (χ0n) is 11.0. The summed E-state index contributed by atoms with van der Waals surface area (Å²) in [5.41, 5.74) is 6.04. The lowest BCUT2D eigenvalue weighted by molar-refractivity contribution is -0.0226. The second-order valence-corrected chi connectivity index (χ2v) is 5.27. The first-order valence-corrected chi connectivity index (χ1v) is 7.31. The van der Waals surface area contributed by atoms with Gasteiger partial charge < -0.3 is 15.4 Å². The van der Waals surface area contributed by atoms with Gasteiger partial charge in [-0.1, -0.05) is 18.8 Å². The fourth-order valence-corrected chi connectivity index (χ4v) is 2.73. The Hall–Kier alpha value is -1.35. The van der Waals surface area contributed by atoms with Crippen molar-refractivity contribution in [2.75, 3.05) is 26.2 Å². The van der Waals surface area contributed by atoms with Crippen LogP contribution in [0, 0.1) is 11.8 Å². The van der Waals surface area contributed by atoms with E-state index in [1.54, 1.807) is 0 Å². The molecule has 0 saturated carbocycles. The fourth-order valence-electron chi connectivity index (χ4n) is 1.99. The molecule has 102 valence electrons. The highest BCUT2D eigenvalue weighted by Crippen LogP contribution is 2.17. The highest BCUT2D eigenvalue weighted by molar-refractivity contribution is 7.10. The normalized spacial score (nSPS) is 18.8. The van der Waals surface area contributed by atoms with E-state index in [1.807, 2.05) is 16.3 Å². The molecule has 0 aromatic carbocycles. The van der Waals surface area contributed by atoms with Crippen LogP contribution in [0.3, 0.4) is 0 Å². The average molecular weight is 278 g/mol. The summed E-state index contributed by atoms with van der Waals surface area (Å²) in [4.78, 5) is 15.1. The van der Waals surface area contributed by atoms with Crippen molar-refractivity contribution in [3.05, 3.63) is 21.9 Å². The molecule has 0 aliphatic carbocycles. The third kappa shape index (κ3) is 3.57. The van der Waals surface area contributed by atoms with E-state index in [2.05, 4.69) is 18.8 Å². The zero-order valence-corrected chi connectivity index (χ0v) is 11.8. The summed E-state index contributed by atoms with van der Waals surface area (Å²) in [6, 6.07) is 1.84. The number of hydrogen-bond acceptors (Lipinski definition) is 4. The van der Waals surface area contributed by atoms with Crippen molar-refractivity contribution in [2.24, 2.45) is 5.73 Å². The molecule has 1 fully saturated rings. The quantitative estimate of drug-likeness (QED) is 0.830. The molecule has 2 heterocycles. The van der Waals surface area contributed by atoms with Gasteiger partial charge in [0.2, 0.25) is 0 Å². The second-order valence-electron chi connectivity index (χ2n) is 4.36. The first-order valence-electron chi connectivity index (χ1n) is 6.43. The summed E-state index contributed by atoms with van der Waals surface area (Å²) in [5.74, 6) is 5.81. The van der Waals surface area contributed by atoms with Gasteiger partial charge in [0, 0.05) is 18.5 Å². The number of carbonyl (C=O) groups excluding carboxylic acids is 1. The standard InChI is InChI=1S/C14H18N2O2S/c1-2-12-9-16(6-7-18-12)14(17)11-8-13(19-10-11)4-3-5-15/h8,10,12H,2,5-7,9,15H2,1H3. The molecule has 5 heteroatoms. The van der Waals surface area contributed by atoms with Crippen LogP contribution < -0.4 is 5.73 Å². The van der Waals surface area contributed by atoms with Crippen LogP contribution in [0.1, 0.15) is 28.6 Å². The Bertz CT molecular complexity index is 501. The van der Waals surface area contributed by atoms with Gasteiger partial charge in [0.15, 0.2) is 0 Å². The van der Waals surface area contributed by atoms with E-state index >= 15 is 0 Å². The summed E-state index contributed by atoms with van der Waals surface area (Å²) < 4.78 is 5.57. The molecule has 1 aromatic heterocycles. The third-order valence-corrected chi connectivity index (χ3v) is 3.89. The lowest BCUT2D eigenvalue weighted by atomic mass is 10.2. The number of amides is 1. The molecule has 1 amide bonds. The van der Waals surface area contributed by atoms with Crippen LogP contribution in [0.5, 0.6) is 0 Å². The molecule has 1 atom stereocenters. The van der Waals surface area contributed by atoms with Crippen LogP contribution in [-0.4, -0.2) is 43.2 Å². The van der Waals surface area contributed by atoms with E-state index in [0.717, 1.165) is 11.3 Å². The molecule has 19 heavy (non-hydrogen) atoms. The molecule has 1 aliphatic heterocycles. The molecule has 0 bridgehead atoms. The number of carbonyl (C=O) groups is 1. The highest BCUT2D eigenvalue weighted by atomic mass is 32.1. The van der Waals surface area contributed by atoms with Gasteiger partial charge in [0.1, 0.15) is 0 Å². The smallest absolute Gasteiger partial charge is 0.254 e. The van der Waals surface area contributed by atoms with E-state index in [4.69, 9.17) is 10.5 Å². The second kappa shape index (κ2) is 6.71. The summed E-state index contributed by atoms with van der Waals surface area (Å²) in [6.45, 7) is 4.37. The first-order chi connectivity index (χ1) is 9.24. The number of nitrogens with two attached hydrogens (primary N) is 1. The van der Waals surface area contributed by atoms with Crippen molar-refractivity contribution < 1.29 is 9.53 Å². The maximum Gasteiger partial charge on any atom is 0.254 e. The van der Waals surface area contributed by atoms with E-state index < -0.39 is 0 Å². The molecular weight excluding hydrogens is 260 g/mol. The molecule has 0 radical (unpaired) electrons. The molecule has 1 aliphatic rings. The first kappa shape index (κ1) is 14.1. The molecular formula is C14H18N2O2S. The lowest BCUT2D eigenvalue weighted by Crippen LogP contribution is -2.45. The van der Waals surface area contributed by atoms with Gasteiger partial charge in [-0.25, -0.2) is 0 Å². The van der Waals surface area contributed by atoms with E-state index in [-0.39, 0.29) is 12.0 Å². The maximum absolute atomic E-state index is 12.4. The Morgan fingerprint density at radius 1 is 1.68 bits per heavy atom. The number of nitrogens with zero attached hydrogens (tertiary/aromatic N) is 1. The van der Waals surface area contributed by atoms with Crippen molar-refractivity contribution in [1.29, 1.82) is 0 Å². The minimum atomic E-state index is 0.0683. The van der Waals surface area contributed by atoms with Gasteiger partial charge in [-0.15, -0.1) is 11.3 Å². The molecule has 1 aromatic rings. The van der Waals surface area contributed by atoms with Gasteiger partial charge in [0.25, 0.3) is 5.91 Å². The predicted octanol–water partition coefficient (Wildman–Crippen LogP) is 1.31. The number of rotatable bonds is 2. The molecule has 1 unspecified atom stereocenters. The lowest BCUT2D eigenvalue weighted by Gasteiger charge is -2.32. The minimum absolute atomic E-state index is 0.0683. The Morgan fingerprint density at radius 3 is 3.26 bits per heavy atom. The summed E-state index contributed by atoms with van der Waals surface area (Å²) in [6.07, 6.45) is 1.09. The largest absolute Gasteiger partial charge is 0.375 e. The van der Waals surface area contributed by atoms with Crippen LogP contribution in [0.25, 0.3) is 0 Å². The van der Waals surface area contributed by atoms with E-state index in [9.17, 15) is 4.79 Å². The van der Waals surface area contributed by atoms with Crippen LogP contribution in [0.2, 0.25) is 0 Å². The summed E-state index contributed by atoms with van der Waals surface area (Å²) in [7, 11) is 0. The Morgan fingerprint density at radius 2 is 2.53 bits per heavy atom. The van der Waals surface area contributed by atoms with Crippen LogP contribution >= 0.6 is 11.3 Å². The maximum atomic E-state index is 12.4. The van der Waals surface area contributed by atoms with E-state index in [1.165, 1.54) is 11.3 Å². The van der Waals surface area contributed by atoms with Gasteiger partial charge >= 0.3 is 0 Å². The van der Waals surface area contributed by atoms with Crippen molar-refractivity contribution in [1.82, 2.24) is 4.90 Å². The molecule has 1 saturated heterocycles. The van der Waals surface area contributed by atoms with E-state index in [0.29, 0.717) is 31.8 Å². The molecule has 2 N–H and O–H groups in total.